The van der Waals surface area contributed by atoms with Crippen molar-refractivity contribution in [3.8, 4) is 11.4 Å². The molecule has 5 rings (SSSR count). The highest BCUT2D eigenvalue weighted by atomic mass is 32.2. The van der Waals surface area contributed by atoms with Crippen molar-refractivity contribution in [1.82, 2.24) is 19.4 Å². The number of aromatic nitrogens is 3. The van der Waals surface area contributed by atoms with Gasteiger partial charge in [-0.1, -0.05) is 95.9 Å². The van der Waals surface area contributed by atoms with Crippen molar-refractivity contribution in [2.45, 2.75) is 24.7 Å². The van der Waals surface area contributed by atoms with Crippen LogP contribution >= 0.6 is 35.3 Å². The second-order valence-corrected chi connectivity index (χ2v) is 11.3. The maximum absolute atomic E-state index is 13.9. The Morgan fingerprint density at radius 1 is 1.00 bits per heavy atom. The molecule has 0 bridgehead atoms. The number of aryl methyl sites for hydroxylation is 2. The lowest BCUT2D eigenvalue weighted by Gasteiger charge is -2.15. The van der Waals surface area contributed by atoms with Crippen LogP contribution in [0.5, 0.6) is 5.75 Å². The molecular weight excluding hydrogens is 549 g/mol. The minimum absolute atomic E-state index is 0.0921. The lowest BCUT2D eigenvalue weighted by atomic mass is 10.1. The van der Waals surface area contributed by atoms with Crippen LogP contribution in [0.4, 0.5) is 0 Å². The van der Waals surface area contributed by atoms with Crippen LogP contribution in [0.2, 0.25) is 0 Å². The first-order valence-corrected chi connectivity index (χ1v) is 14.5. The summed E-state index contributed by atoms with van der Waals surface area (Å²) in [5.74, 6) is 0.466. The summed E-state index contributed by atoms with van der Waals surface area (Å²) >= 11 is 8.13. The maximum Gasteiger partial charge on any atom is 0.278 e. The monoisotopic (exact) mass is 574 g/mol. The van der Waals surface area contributed by atoms with Crippen molar-refractivity contribution in [1.29, 1.82) is 0 Å². The number of amides is 1. The van der Waals surface area contributed by atoms with E-state index in [2.05, 4.69) is 17.4 Å². The van der Waals surface area contributed by atoms with E-state index in [0.717, 1.165) is 12.0 Å². The minimum atomic E-state index is -0.244. The predicted octanol–water partition coefficient (Wildman–Crippen LogP) is 5.64. The van der Waals surface area contributed by atoms with Gasteiger partial charge < -0.3 is 14.6 Å². The molecule has 0 aliphatic rings. The van der Waals surface area contributed by atoms with Crippen molar-refractivity contribution in [2.24, 2.45) is 0 Å². The molecule has 2 aromatic heterocycles. The molecule has 0 unspecified atom stereocenters. The molecule has 3 aromatic carbocycles. The normalized spacial score (nSPS) is 11.0. The molecule has 0 radical (unpaired) electrons. The zero-order valence-corrected chi connectivity index (χ0v) is 23.7. The van der Waals surface area contributed by atoms with Gasteiger partial charge in [-0.25, -0.2) is 4.98 Å². The van der Waals surface area contributed by atoms with E-state index in [0.29, 0.717) is 44.0 Å². The number of hydrogen-bond donors (Lipinski definition) is 1. The summed E-state index contributed by atoms with van der Waals surface area (Å²) in [5.41, 5.74) is 3.03. The molecule has 1 amide bonds. The van der Waals surface area contributed by atoms with Crippen molar-refractivity contribution < 1.29 is 9.53 Å². The van der Waals surface area contributed by atoms with Gasteiger partial charge in [0.25, 0.3) is 5.56 Å². The van der Waals surface area contributed by atoms with Crippen LogP contribution < -0.4 is 15.6 Å². The van der Waals surface area contributed by atoms with Crippen molar-refractivity contribution in [2.75, 3.05) is 12.9 Å². The van der Waals surface area contributed by atoms with Crippen LogP contribution in [0.3, 0.4) is 0 Å². The van der Waals surface area contributed by atoms with Gasteiger partial charge in [-0.2, -0.15) is 0 Å². The zero-order chi connectivity index (χ0) is 27.2. The molecule has 198 valence electrons. The van der Waals surface area contributed by atoms with E-state index in [1.807, 2.05) is 65.2 Å². The number of rotatable bonds is 10. The third-order valence-corrected chi connectivity index (χ3v) is 8.48. The van der Waals surface area contributed by atoms with Gasteiger partial charge in [-0.05, 0) is 41.9 Å². The Bertz CT molecular complexity index is 1710. The first kappa shape index (κ1) is 26.9. The third kappa shape index (κ3) is 6.13. The van der Waals surface area contributed by atoms with E-state index in [1.165, 1.54) is 33.2 Å². The van der Waals surface area contributed by atoms with Gasteiger partial charge in [-0.15, -0.1) is 0 Å². The fraction of sp³-hybridized carbons (Fsp3) is 0.172. The fourth-order valence-corrected chi connectivity index (χ4v) is 6.30. The number of ether oxygens (including phenoxy) is 1. The van der Waals surface area contributed by atoms with Gasteiger partial charge in [0.05, 0.1) is 18.6 Å². The molecule has 10 heteroatoms. The number of hydrogen-bond acceptors (Lipinski definition) is 7. The number of methoxy groups -OCH3 is 1. The average Bonchev–Trinajstić information content (AvgIpc) is 3.30. The molecule has 7 nitrogen and oxygen atoms in total. The van der Waals surface area contributed by atoms with Gasteiger partial charge >= 0.3 is 0 Å². The van der Waals surface area contributed by atoms with Crippen LogP contribution in [0, 0.1) is 3.95 Å². The zero-order valence-electron chi connectivity index (χ0n) is 21.2. The van der Waals surface area contributed by atoms with E-state index >= 15 is 0 Å². The van der Waals surface area contributed by atoms with Crippen LogP contribution in [0.25, 0.3) is 16.0 Å². The highest BCUT2D eigenvalue weighted by Gasteiger charge is 2.21. The first-order valence-electron chi connectivity index (χ1n) is 12.3. The Balaban J connectivity index is 1.50. The highest BCUT2D eigenvalue weighted by Crippen LogP contribution is 2.29. The lowest BCUT2D eigenvalue weighted by molar-refractivity contribution is -0.118. The Labute approximate surface area is 239 Å². The Kier molecular flexibility index (Phi) is 8.55. The number of carbonyl (C=O) groups is 1. The van der Waals surface area contributed by atoms with Gasteiger partial charge in [0, 0.05) is 13.1 Å². The van der Waals surface area contributed by atoms with Gasteiger partial charge in [0.1, 0.15) is 10.4 Å². The van der Waals surface area contributed by atoms with Crippen LogP contribution in [-0.2, 0) is 24.3 Å². The van der Waals surface area contributed by atoms with E-state index < -0.39 is 0 Å². The number of thiazole rings is 1. The summed E-state index contributed by atoms with van der Waals surface area (Å²) < 4.78 is 10.0. The number of fused-ring (bicyclic) bond motifs is 1. The quantitative estimate of drug-likeness (QED) is 0.132. The molecule has 39 heavy (non-hydrogen) atoms. The molecule has 5 aromatic rings. The molecule has 2 heterocycles. The predicted molar refractivity (Wildman–Crippen MR) is 160 cm³/mol. The molecule has 0 atom stereocenters. The summed E-state index contributed by atoms with van der Waals surface area (Å²) in [7, 11) is 1.56. The molecule has 0 spiro atoms. The average molecular weight is 575 g/mol. The largest absolute Gasteiger partial charge is 0.495 e. The SMILES string of the molecule is COc1ccccc1-n1c(SCC(=O)NCc2ccccc2)nc2c(sc(=S)n2CCc2ccccc2)c1=O. The Morgan fingerprint density at radius 3 is 2.38 bits per heavy atom. The van der Waals surface area contributed by atoms with E-state index in [4.69, 9.17) is 21.9 Å². The standard InChI is InChI=1S/C29H26N4O3S3/c1-36-23-15-9-8-14-22(23)33-27(35)25-26(32(29(37)39-25)17-16-20-10-4-2-5-11-20)31-28(33)38-19-24(34)30-18-21-12-6-3-7-13-21/h2-15H,16-19H2,1H3,(H,30,34). The van der Waals surface area contributed by atoms with Gasteiger partial charge in [-0.3, -0.25) is 14.2 Å². The smallest absolute Gasteiger partial charge is 0.278 e. The fourth-order valence-electron chi connectivity index (χ4n) is 4.16. The summed E-state index contributed by atoms with van der Waals surface area (Å²) in [6.45, 7) is 1.02. The Morgan fingerprint density at radius 2 is 1.67 bits per heavy atom. The van der Waals surface area contributed by atoms with Crippen LogP contribution in [-0.4, -0.2) is 32.9 Å². The minimum Gasteiger partial charge on any atom is -0.495 e. The Hall–Kier alpha value is -3.73. The van der Waals surface area contributed by atoms with Crippen molar-refractivity contribution in [3.05, 3.63) is 110 Å². The number of nitrogens with one attached hydrogen (secondary N) is 1. The van der Waals surface area contributed by atoms with E-state index in [-0.39, 0.29) is 17.2 Å². The number of carbonyl (C=O) groups excluding carboxylic acids is 1. The number of nitrogens with zero attached hydrogens (tertiary/aromatic N) is 3. The summed E-state index contributed by atoms with van der Waals surface area (Å²) in [6.07, 6.45) is 0.753. The van der Waals surface area contributed by atoms with Crippen molar-refractivity contribution >= 4 is 51.6 Å². The topological polar surface area (TPSA) is 78.2 Å². The summed E-state index contributed by atoms with van der Waals surface area (Å²) in [6, 6.07) is 27.1. The molecule has 0 fully saturated rings. The maximum atomic E-state index is 13.9. The van der Waals surface area contributed by atoms with Gasteiger partial charge in [0.15, 0.2) is 14.8 Å². The molecule has 0 saturated heterocycles. The summed E-state index contributed by atoms with van der Waals surface area (Å²) in [4.78, 5) is 31.6. The van der Waals surface area contributed by atoms with E-state index in [1.54, 1.807) is 19.2 Å². The third-order valence-electron chi connectivity index (χ3n) is 6.12. The second kappa shape index (κ2) is 12.4. The second-order valence-electron chi connectivity index (χ2n) is 8.67. The van der Waals surface area contributed by atoms with Crippen molar-refractivity contribution in [3.63, 3.8) is 0 Å². The highest BCUT2D eigenvalue weighted by molar-refractivity contribution is 7.99. The number of para-hydroxylation sites is 2. The first-order chi connectivity index (χ1) is 19.0. The lowest BCUT2D eigenvalue weighted by Crippen LogP contribution is -2.26. The molecule has 0 aliphatic carbocycles. The molecule has 0 saturated carbocycles. The molecular formula is C29H26N4O3S3. The molecule has 0 aliphatic heterocycles. The van der Waals surface area contributed by atoms with Crippen LogP contribution in [0.15, 0.2) is 94.9 Å². The molecule has 1 N–H and O–H groups in total. The van der Waals surface area contributed by atoms with E-state index in [9.17, 15) is 9.59 Å². The van der Waals surface area contributed by atoms with Crippen LogP contribution in [0.1, 0.15) is 11.1 Å². The number of thioether (sulfide) groups is 1. The number of benzene rings is 3. The summed E-state index contributed by atoms with van der Waals surface area (Å²) in [5, 5.41) is 3.33. The van der Waals surface area contributed by atoms with Gasteiger partial charge in [0.2, 0.25) is 5.91 Å².